The average molecular weight is 345 g/mol. The Balaban J connectivity index is 2.64. The van der Waals surface area contributed by atoms with E-state index in [1.165, 1.54) is 0 Å². The van der Waals surface area contributed by atoms with Crippen LogP contribution in [0, 0.1) is 0 Å². The molecule has 1 aromatic carbocycles. The van der Waals surface area contributed by atoms with E-state index in [2.05, 4.69) is 21.2 Å². The summed E-state index contributed by atoms with van der Waals surface area (Å²) in [4.78, 5) is 11.8. The van der Waals surface area contributed by atoms with Crippen LogP contribution in [-0.4, -0.2) is 38.8 Å². The second-order valence-corrected chi connectivity index (χ2v) is 5.25. The molecule has 1 rings (SSSR count). The summed E-state index contributed by atoms with van der Waals surface area (Å²) >= 11 is 3.41. The fourth-order valence-corrected chi connectivity index (χ4v) is 2.09. The van der Waals surface area contributed by atoms with E-state index in [1.54, 1.807) is 14.0 Å². The second-order valence-electron chi connectivity index (χ2n) is 4.33. The molecule has 1 aromatic rings. The number of carbonyl (C=O) groups excluding carboxylic acids is 1. The molecule has 6 heteroatoms. The van der Waals surface area contributed by atoms with Gasteiger partial charge in [0.2, 0.25) is 0 Å². The van der Waals surface area contributed by atoms with Crippen LogP contribution in [0.3, 0.4) is 0 Å². The molecule has 0 aliphatic rings. The SMILES string of the molecule is COCCNC(=O)C(C)Oc1ccc(Br)cc1CCN. The van der Waals surface area contributed by atoms with Crippen molar-refractivity contribution in [2.24, 2.45) is 5.73 Å². The minimum Gasteiger partial charge on any atom is -0.481 e. The normalized spacial score (nSPS) is 12.0. The zero-order chi connectivity index (χ0) is 15.0. The minimum atomic E-state index is -0.565. The Hall–Kier alpha value is -1.11. The number of ether oxygens (including phenoxy) is 2. The van der Waals surface area contributed by atoms with Gasteiger partial charge in [0.25, 0.3) is 5.91 Å². The zero-order valence-electron chi connectivity index (χ0n) is 11.8. The van der Waals surface area contributed by atoms with Crippen LogP contribution in [0.15, 0.2) is 22.7 Å². The third kappa shape index (κ3) is 5.48. The Labute approximate surface area is 127 Å². The van der Waals surface area contributed by atoms with Crippen molar-refractivity contribution in [2.45, 2.75) is 19.4 Å². The lowest BCUT2D eigenvalue weighted by Crippen LogP contribution is -2.38. The van der Waals surface area contributed by atoms with Crippen molar-refractivity contribution in [3.8, 4) is 5.75 Å². The van der Waals surface area contributed by atoms with Crippen LogP contribution in [0.1, 0.15) is 12.5 Å². The Bertz CT molecular complexity index is 440. The van der Waals surface area contributed by atoms with E-state index < -0.39 is 6.10 Å². The third-order valence-corrected chi connectivity index (χ3v) is 3.21. The number of hydrogen-bond donors (Lipinski definition) is 2. The number of rotatable bonds is 8. The van der Waals surface area contributed by atoms with Gasteiger partial charge in [0.05, 0.1) is 6.61 Å². The molecular weight excluding hydrogens is 324 g/mol. The van der Waals surface area contributed by atoms with Gasteiger partial charge in [-0.15, -0.1) is 0 Å². The lowest BCUT2D eigenvalue weighted by Gasteiger charge is -2.17. The van der Waals surface area contributed by atoms with E-state index in [1.807, 2.05) is 18.2 Å². The summed E-state index contributed by atoms with van der Waals surface area (Å²) in [5.41, 5.74) is 6.57. The minimum absolute atomic E-state index is 0.163. The second kappa shape index (κ2) is 8.94. The van der Waals surface area contributed by atoms with Crippen molar-refractivity contribution in [3.05, 3.63) is 28.2 Å². The van der Waals surface area contributed by atoms with Gasteiger partial charge in [-0.2, -0.15) is 0 Å². The number of benzene rings is 1. The standard InChI is InChI=1S/C14H21BrN2O3/c1-10(14(18)17-7-8-19-2)20-13-4-3-12(15)9-11(13)5-6-16/h3-4,9-10H,5-8,16H2,1-2H3,(H,17,18). The first-order chi connectivity index (χ1) is 9.58. The Morgan fingerprint density at radius 2 is 2.25 bits per heavy atom. The van der Waals surface area contributed by atoms with E-state index in [0.717, 1.165) is 10.0 Å². The molecule has 1 amide bonds. The van der Waals surface area contributed by atoms with Crippen LogP contribution < -0.4 is 15.8 Å². The highest BCUT2D eigenvalue weighted by Gasteiger charge is 2.15. The Kier molecular flexibility index (Phi) is 7.58. The molecule has 0 saturated carbocycles. The summed E-state index contributed by atoms with van der Waals surface area (Å²) in [7, 11) is 1.59. The monoisotopic (exact) mass is 344 g/mol. The van der Waals surface area contributed by atoms with Gasteiger partial charge in [0, 0.05) is 18.1 Å². The molecule has 1 unspecified atom stereocenters. The summed E-state index contributed by atoms with van der Waals surface area (Å²) in [5, 5.41) is 2.74. The van der Waals surface area contributed by atoms with Crippen molar-refractivity contribution < 1.29 is 14.3 Å². The predicted molar refractivity (Wildman–Crippen MR) is 81.9 cm³/mol. The number of nitrogens with one attached hydrogen (secondary N) is 1. The zero-order valence-corrected chi connectivity index (χ0v) is 13.4. The molecule has 0 bridgehead atoms. The molecule has 3 N–H and O–H groups in total. The van der Waals surface area contributed by atoms with E-state index in [9.17, 15) is 4.79 Å². The number of halogens is 1. The smallest absolute Gasteiger partial charge is 0.260 e. The predicted octanol–water partition coefficient (Wildman–Crippen LogP) is 1.48. The van der Waals surface area contributed by atoms with Crippen LogP contribution in [0.2, 0.25) is 0 Å². The molecule has 0 aliphatic carbocycles. The van der Waals surface area contributed by atoms with Crippen LogP contribution in [0.25, 0.3) is 0 Å². The van der Waals surface area contributed by atoms with Crippen molar-refractivity contribution in [3.63, 3.8) is 0 Å². The van der Waals surface area contributed by atoms with Gasteiger partial charge in [0.15, 0.2) is 6.10 Å². The molecule has 0 aromatic heterocycles. The van der Waals surface area contributed by atoms with Gasteiger partial charge >= 0.3 is 0 Å². The fraction of sp³-hybridized carbons (Fsp3) is 0.500. The Morgan fingerprint density at radius 3 is 2.90 bits per heavy atom. The van der Waals surface area contributed by atoms with Crippen LogP contribution in [-0.2, 0) is 16.0 Å². The van der Waals surface area contributed by atoms with Crippen molar-refractivity contribution in [1.29, 1.82) is 0 Å². The first-order valence-corrected chi connectivity index (χ1v) is 7.29. The lowest BCUT2D eigenvalue weighted by molar-refractivity contribution is -0.127. The molecule has 0 radical (unpaired) electrons. The third-order valence-electron chi connectivity index (χ3n) is 2.71. The van der Waals surface area contributed by atoms with E-state index in [4.69, 9.17) is 15.2 Å². The quantitative estimate of drug-likeness (QED) is 0.700. The van der Waals surface area contributed by atoms with Gasteiger partial charge in [-0.05, 0) is 43.7 Å². The molecule has 0 fully saturated rings. The first kappa shape index (κ1) is 16.9. The molecule has 0 heterocycles. The maximum Gasteiger partial charge on any atom is 0.260 e. The topological polar surface area (TPSA) is 73.6 Å². The highest BCUT2D eigenvalue weighted by Crippen LogP contribution is 2.24. The summed E-state index contributed by atoms with van der Waals surface area (Å²) < 4.78 is 11.6. The van der Waals surface area contributed by atoms with E-state index in [0.29, 0.717) is 31.9 Å². The number of nitrogens with two attached hydrogens (primary N) is 1. The molecule has 5 nitrogen and oxygen atoms in total. The maximum atomic E-state index is 11.8. The van der Waals surface area contributed by atoms with Crippen molar-refractivity contribution in [1.82, 2.24) is 5.32 Å². The molecule has 0 spiro atoms. The van der Waals surface area contributed by atoms with Crippen LogP contribution >= 0.6 is 15.9 Å². The lowest BCUT2D eigenvalue weighted by atomic mass is 10.1. The van der Waals surface area contributed by atoms with Gasteiger partial charge < -0.3 is 20.5 Å². The number of amides is 1. The first-order valence-electron chi connectivity index (χ1n) is 6.50. The maximum absolute atomic E-state index is 11.8. The Morgan fingerprint density at radius 1 is 1.50 bits per heavy atom. The highest BCUT2D eigenvalue weighted by atomic mass is 79.9. The van der Waals surface area contributed by atoms with Gasteiger partial charge in [0.1, 0.15) is 5.75 Å². The molecule has 1 atom stereocenters. The summed E-state index contributed by atoms with van der Waals surface area (Å²) in [6, 6.07) is 5.68. The van der Waals surface area contributed by atoms with Crippen molar-refractivity contribution >= 4 is 21.8 Å². The van der Waals surface area contributed by atoms with Crippen LogP contribution in [0.5, 0.6) is 5.75 Å². The van der Waals surface area contributed by atoms with E-state index >= 15 is 0 Å². The molecule has 20 heavy (non-hydrogen) atoms. The number of carbonyl (C=O) groups is 1. The summed E-state index contributed by atoms with van der Waals surface area (Å²) in [5.74, 6) is 0.525. The summed E-state index contributed by atoms with van der Waals surface area (Å²) in [6.45, 7) is 3.20. The average Bonchev–Trinajstić information content (AvgIpc) is 2.42. The van der Waals surface area contributed by atoms with Crippen LogP contribution in [0.4, 0.5) is 0 Å². The highest BCUT2D eigenvalue weighted by molar-refractivity contribution is 9.10. The fourth-order valence-electron chi connectivity index (χ4n) is 1.68. The van der Waals surface area contributed by atoms with Gasteiger partial charge in [-0.3, -0.25) is 4.79 Å². The van der Waals surface area contributed by atoms with Gasteiger partial charge in [-0.1, -0.05) is 15.9 Å². The number of methoxy groups -OCH3 is 1. The number of hydrogen-bond acceptors (Lipinski definition) is 4. The molecule has 0 saturated heterocycles. The summed E-state index contributed by atoms with van der Waals surface area (Å²) in [6.07, 6.45) is 0.136. The molecule has 112 valence electrons. The molecule has 0 aliphatic heterocycles. The van der Waals surface area contributed by atoms with Crippen molar-refractivity contribution in [2.75, 3.05) is 26.8 Å². The van der Waals surface area contributed by atoms with Gasteiger partial charge in [-0.25, -0.2) is 0 Å². The van der Waals surface area contributed by atoms with E-state index in [-0.39, 0.29) is 5.91 Å². The largest absolute Gasteiger partial charge is 0.481 e. The molecular formula is C14H21BrN2O3.